The molecule has 0 aromatic heterocycles. The molecule has 2 heterocycles. The maximum Gasteiger partial charge on any atom is 0.233 e. The summed E-state index contributed by atoms with van der Waals surface area (Å²) >= 11 is 7.86. The quantitative estimate of drug-likeness (QED) is 0.849. The second-order valence-corrected chi connectivity index (χ2v) is 7.84. The first kappa shape index (κ1) is 17.6. The van der Waals surface area contributed by atoms with Crippen LogP contribution in [0.2, 0.25) is 5.02 Å². The molecular weight excluding hydrogens is 346 g/mol. The molecule has 3 rings (SSSR count). The minimum atomic E-state index is -0.0871. The molecule has 0 saturated carbocycles. The van der Waals surface area contributed by atoms with E-state index in [1.807, 2.05) is 29.2 Å². The topological polar surface area (TPSA) is 45.1 Å². The van der Waals surface area contributed by atoms with Crippen LogP contribution >= 0.6 is 23.4 Å². The fourth-order valence-electron chi connectivity index (χ4n) is 3.14. The summed E-state index contributed by atoms with van der Waals surface area (Å²) in [5.74, 6) is 0.674. The minimum absolute atomic E-state index is 0.0838. The number of likely N-dealkylation sites (N-methyl/N-ethyl adjacent to an activating group) is 1. The van der Waals surface area contributed by atoms with Gasteiger partial charge in [-0.25, -0.2) is 0 Å². The Labute approximate surface area is 151 Å². The summed E-state index contributed by atoms with van der Waals surface area (Å²) in [4.78, 5) is 29.8. The van der Waals surface area contributed by atoms with Crippen molar-refractivity contribution in [3.05, 3.63) is 34.9 Å². The van der Waals surface area contributed by atoms with Crippen LogP contribution in [0.4, 0.5) is 0 Å². The third kappa shape index (κ3) is 3.87. The van der Waals surface area contributed by atoms with E-state index in [9.17, 15) is 9.59 Å². The van der Waals surface area contributed by atoms with E-state index in [2.05, 4.69) is 7.05 Å². The Kier molecular flexibility index (Phi) is 5.69. The van der Waals surface area contributed by atoms with Crippen molar-refractivity contribution in [3.63, 3.8) is 0 Å². The smallest absolute Gasteiger partial charge is 0.233 e. The first-order valence-corrected chi connectivity index (χ1v) is 9.73. The Morgan fingerprint density at radius 3 is 2.75 bits per heavy atom. The number of nitrogens with one attached hydrogen (secondary N) is 1. The van der Waals surface area contributed by atoms with Crippen LogP contribution in [0.5, 0.6) is 0 Å². The van der Waals surface area contributed by atoms with E-state index in [-0.39, 0.29) is 17.2 Å². The second kappa shape index (κ2) is 7.76. The van der Waals surface area contributed by atoms with Crippen molar-refractivity contribution in [2.24, 2.45) is 0 Å². The molecular formula is C17H23ClN3O2S+. The fraction of sp³-hybridized carbons (Fsp3) is 0.529. The zero-order valence-corrected chi connectivity index (χ0v) is 15.4. The van der Waals surface area contributed by atoms with Gasteiger partial charge >= 0.3 is 0 Å². The van der Waals surface area contributed by atoms with Gasteiger partial charge in [0, 0.05) is 23.6 Å². The highest BCUT2D eigenvalue weighted by atomic mass is 35.5. The van der Waals surface area contributed by atoms with E-state index >= 15 is 0 Å². The Morgan fingerprint density at radius 2 is 2.04 bits per heavy atom. The van der Waals surface area contributed by atoms with Gasteiger partial charge in [0.1, 0.15) is 5.37 Å². The molecule has 130 valence electrons. The van der Waals surface area contributed by atoms with Gasteiger partial charge in [-0.3, -0.25) is 9.59 Å². The largest absolute Gasteiger partial charge is 0.334 e. The highest BCUT2D eigenvalue weighted by Crippen LogP contribution is 2.41. The molecule has 0 aliphatic carbocycles. The third-order valence-electron chi connectivity index (χ3n) is 4.68. The van der Waals surface area contributed by atoms with Crippen molar-refractivity contribution in [1.82, 2.24) is 9.80 Å². The van der Waals surface area contributed by atoms with Gasteiger partial charge in [-0.15, -0.1) is 11.8 Å². The molecule has 5 nitrogen and oxygen atoms in total. The molecule has 2 aliphatic rings. The number of rotatable bonds is 4. The van der Waals surface area contributed by atoms with E-state index in [1.54, 1.807) is 16.7 Å². The van der Waals surface area contributed by atoms with E-state index in [0.29, 0.717) is 23.7 Å². The highest BCUT2D eigenvalue weighted by Gasteiger charge is 2.34. The minimum Gasteiger partial charge on any atom is -0.334 e. The van der Waals surface area contributed by atoms with Crippen molar-refractivity contribution >= 4 is 35.2 Å². The Morgan fingerprint density at radius 1 is 1.33 bits per heavy atom. The Bertz CT molecular complexity index is 620. The van der Waals surface area contributed by atoms with Crippen molar-refractivity contribution in [3.8, 4) is 0 Å². The number of quaternary nitrogens is 1. The summed E-state index contributed by atoms with van der Waals surface area (Å²) < 4.78 is 0. The van der Waals surface area contributed by atoms with Gasteiger partial charge < -0.3 is 14.7 Å². The monoisotopic (exact) mass is 368 g/mol. The third-order valence-corrected chi connectivity index (χ3v) is 6.26. The lowest BCUT2D eigenvalue weighted by Gasteiger charge is -2.31. The van der Waals surface area contributed by atoms with Crippen LogP contribution in [0.1, 0.15) is 17.4 Å². The molecule has 2 fully saturated rings. The fourth-order valence-corrected chi connectivity index (χ4v) is 4.70. The molecule has 2 saturated heterocycles. The first-order chi connectivity index (χ1) is 11.6. The van der Waals surface area contributed by atoms with Crippen molar-refractivity contribution < 1.29 is 14.5 Å². The van der Waals surface area contributed by atoms with Crippen LogP contribution in [0.15, 0.2) is 24.3 Å². The van der Waals surface area contributed by atoms with Gasteiger partial charge in [0.2, 0.25) is 11.8 Å². The SMILES string of the molecule is C[NH+]1CCN(C(=O)CCN2C(=O)CS[C@H]2c2ccccc2Cl)CC1. The van der Waals surface area contributed by atoms with E-state index < -0.39 is 0 Å². The highest BCUT2D eigenvalue weighted by molar-refractivity contribution is 8.00. The zero-order chi connectivity index (χ0) is 17.1. The van der Waals surface area contributed by atoms with Crippen LogP contribution in [0, 0.1) is 0 Å². The van der Waals surface area contributed by atoms with Gasteiger partial charge in [0.15, 0.2) is 0 Å². The van der Waals surface area contributed by atoms with E-state index in [4.69, 9.17) is 11.6 Å². The summed E-state index contributed by atoms with van der Waals surface area (Å²) in [5.41, 5.74) is 0.950. The Balaban J connectivity index is 1.61. The number of carbonyl (C=O) groups excluding carboxylic acids is 2. The number of piperazine rings is 1. The Hall–Kier alpha value is -1.24. The molecule has 1 aromatic rings. The van der Waals surface area contributed by atoms with Crippen LogP contribution in [-0.2, 0) is 9.59 Å². The number of carbonyl (C=O) groups is 2. The average Bonchev–Trinajstić information content (AvgIpc) is 2.94. The molecule has 2 amide bonds. The normalized spacial score (nSPS) is 22.2. The molecule has 2 aliphatic heterocycles. The molecule has 1 N–H and O–H groups in total. The lowest BCUT2D eigenvalue weighted by molar-refractivity contribution is -0.883. The van der Waals surface area contributed by atoms with Gasteiger partial charge in [0.05, 0.1) is 39.0 Å². The molecule has 24 heavy (non-hydrogen) atoms. The molecule has 7 heteroatoms. The number of hydrogen-bond acceptors (Lipinski definition) is 3. The van der Waals surface area contributed by atoms with E-state index in [0.717, 1.165) is 31.7 Å². The summed E-state index contributed by atoms with van der Waals surface area (Å²) in [6.07, 6.45) is 0.381. The van der Waals surface area contributed by atoms with Crippen molar-refractivity contribution in [2.45, 2.75) is 11.8 Å². The zero-order valence-electron chi connectivity index (χ0n) is 13.8. The van der Waals surface area contributed by atoms with Gasteiger partial charge in [-0.1, -0.05) is 29.8 Å². The molecule has 0 spiro atoms. The number of thioether (sulfide) groups is 1. The number of halogens is 1. The number of hydrogen-bond donors (Lipinski definition) is 1. The predicted molar refractivity (Wildman–Crippen MR) is 96.2 cm³/mol. The number of benzene rings is 1. The maximum absolute atomic E-state index is 12.4. The lowest BCUT2D eigenvalue weighted by Crippen LogP contribution is -3.12. The van der Waals surface area contributed by atoms with E-state index in [1.165, 1.54) is 4.90 Å². The lowest BCUT2D eigenvalue weighted by atomic mass is 10.2. The van der Waals surface area contributed by atoms with Gasteiger partial charge in [0.25, 0.3) is 0 Å². The molecule has 0 radical (unpaired) electrons. The number of amides is 2. The summed E-state index contributed by atoms with van der Waals surface area (Å²) in [6.45, 7) is 4.06. The maximum atomic E-state index is 12.4. The molecule has 0 bridgehead atoms. The van der Waals surface area contributed by atoms with Crippen molar-refractivity contribution in [2.75, 3.05) is 45.5 Å². The van der Waals surface area contributed by atoms with Crippen LogP contribution in [0.3, 0.4) is 0 Å². The predicted octanol–water partition coefficient (Wildman–Crippen LogP) is 0.661. The van der Waals surface area contributed by atoms with Gasteiger partial charge in [-0.2, -0.15) is 0 Å². The molecule has 0 unspecified atom stereocenters. The standard InChI is InChI=1S/C17H22ClN3O2S/c1-19-8-10-20(11-9-19)15(22)6-7-21-16(23)12-24-17(21)13-4-2-3-5-14(13)18/h2-5,17H,6-12H2,1H3/p+1/t17-/m0/s1. The summed E-state index contributed by atoms with van der Waals surface area (Å²) in [5, 5.41) is 0.582. The van der Waals surface area contributed by atoms with Crippen LogP contribution < -0.4 is 4.90 Å². The number of nitrogens with zero attached hydrogens (tertiary/aromatic N) is 2. The van der Waals surface area contributed by atoms with Crippen molar-refractivity contribution in [1.29, 1.82) is 0 Å². The first-order valence-electron chi connectivity index (χ1n) is 8.31. The molecule has 1 aromatic carbocycles. The molecule has 1 atom stereocenters. The summed E-state index contributed by atoms with van der Waals surface area (Å²) in [6, 6.07) is 7.61. The van der Waals surface area contributed by atoms with Gasteiger partial charge in [-0.05, 0) is 6.07 Å². The van der Waals surface area contributed by atoms with Crippen LogP contribution in [-0.4, -0.2) is 67.1 Å². The second-order valence-electron chi connectivity index (χ2n) is 6.36. The average molecular weight is 369 g/mol. The summed E-state index contributed by atoms with van der Waals surface area (Å²) in [7, 11) is 2.15. The van der Waals surface area contributed by atoms with Crippen LogP contribution in [0.25, 0.3) is 0 Å².